The van der Waals surface area contributed by atoms with Crippen molar-refractivity contribution in [1.29, 1.82) is 0 Å². The number of carbonyl (C=O) groups excluding carboxylic acids is 3. The van der Waals surface area contributed by atoms with E-state index >= 15 is 0 Å². The fraction of sp³-hybridized carbons (Fsp3) is 0.647. The first-order chi connectivity index (χ1) is 13.1. The highest BCUT2D eigenvalue weighted by atomic mass is 16.7. The third kappa shape index (κ3) is 3.88. The second-order valence-corrected chi connectivity index (χ2v) is 7.16. The van der Waals surface area contributed by atoms with Crippen molar-refractivity contribution in [2.75, 3.05) is 39.3 Å². The van der Waals surface area contributed by atoms with Crippen molar-refractivity contribution in [3.05, 3.63) is 21.9 Å². The number of hydrogen-bond donors (Lipinski definition) is 0. The van der Waals surface area contributed by atoms with Gasteiger partial charge in [-0.1, -0.05) is 0 Å². The van der Waals surface area contributed by atoms with E-state index in [0.717, 1.165) is 0 Å². The van der Waals surface area contributed by atoms with E-state index in [1.54, 1.807) is 4.90 Å². The van der Waals surface area contributed by atoms with Gasteiger partial charge in [0.2, 0.25) is 29.6 Å². The molecule has 11 heteroatoms. The summed E-state index contributed by atoms with van der Waals surface area (Å²) in [5.74, 6) is -0.614. The summed E-state index contributed by atoms with van der Waals surface area (Å²) >= 11 is 0. The molecule has 1 saturated heterocycles. The molecule has 2 atom stereocenters. The predicted octanol–water partition coefficient (Wildman–Crippen LogP) is -0.744. The fourth-order valence-electron chi connectivity index (χ4n) is 3.53. The summed E-state index contributed by atoms with van der Waals surface area (Å²) < 4.78 is 5.59. The van der Waals surface area contributed by atoms with Crippen LogP contribution in [0.3, 0.4) is 0 Å². The van der Waals surface area contributed by atoms with Gasteiger partial charge in [0.1, 0.15) is 0 Å². The van der Waals surface area contributed by atoms with Gasteiger partial charge in [0, 0.05) is 53.0 Å². The smallest absolute Gasteiger partial charge is 0.281 e. The molecule has 3 aliphatic heterocycles. The highest BCUT2D eigenvalue weighted by Gasteiger charge is 2.66. The van der Waals surface area contributed by atoms with Gasteiger partial charge in [-0.25, -0.2) is 4.99 Å². The summed E-state index contributed by atoms with van der Waals surface area (Å²) in [6.07, 6.45) is 0.504. The van der Waals surface area contributed by atoms with Crippen LogP contribution >= 0.6 is 0 Å². The molecule has 1 spiro atoms. The molecule has 3 rings (SSSR count). The molecule has 11 nitrogen and oxygen atoms in total. The van der Waals surface area contributed by atoms with Crippen molar-refractivity contribution in [2.24, 2.45) is 4.99 Å². The maximum absolute atomic E-state index is 12.1. The molecule has 0 radical (unpaired) electrons. The van der Waals surface area contributed by atoms with E-state index in [1.807, 2.05) is 0 Å². The number of carbonyl (C=O) groups is 3. The minimum absolute atomic E-state index is 0.0491. The molecule has 2 unspecified atom stereocenters. The first kappa shape index (κ1) is 19.9. The summed E-state index contributed by atoms with van der Waals surface area (Å²) in [4.78, 5) is 56.1. The lowest BCUT2D eigenvalue weighted by molar-refractivity contribution is -0.429. The van der Waals surface area contributed by atoms with Gasteiger partial charge < -0.3 is 19.4 Å². The van der Waals surface area contributed by atoms with Crippen LogP contribution in [-0.4, -0.2) is 94.2 Å². The number of epoxide rings is 1. The predicted molar refractivity (Wildman–Crippen MR) is 96.9 cm³/mol. The van der Waals surface area contributed by atoms with Gasteiger partial charge in [-0.3, -0.25) is 24.5 Å². The zero-order valence-corrected chi connectivity index (χ0v) is 16.1. The molecular weight excluding hydrogens is 371 g/mol. The van der Waals surface area contributed by atoms with Crippen LogP contribution in [0.25, 0.3) is 0 Å². The van der Waals surface area contributed by atoms with E-state index in [-0.39, 0.29) is 56.1 Å². The molecule has 28 heavy (non-hydrogen) atoms. The van der Waals surface area contributed by atoms with Crippen LogP contribution in [0.2, 0.25) is 0 Å². The molecule has 2 bridgehead atoms. The van der Waals surface area contributed by atoms with Crippen molar-refractivity contribution in [2.45, 2.75) is 32.6 Å². The molecule has 0 N–H and O–H groups in total. The van der Waals surface area contributed by atoms with Crippen LogP contribution in [0.1, 0.15) is 20.8 Å². The Bertz CT molecular complexity index is 793. The monoisotopic (exact) mass is 394 g/mol. The van der Waals surface area contributed by atoms with Gasteiger partial charge in [0.05, 0.1) is 23.7 Å². The van der Waals surface area contributed by atoms with Crippen LogP contribution in [0, 0.1) is 10.1 Å². The van der Waals surface area contributed by atoms with E-state index in [1.165, 1.54) is 36.6 Å². The lowest BCUT2D eigenvalue weighted by Gasteiger charge is -2.31. The Labute approximate surface area is 161 Å². The highest BCUT2D eigenvalue weighted by Crippen LogP contribution is 2.46. The molecule has 3 aliphatic rings. The Morgan fingerprint density at radius 1 is 1.07 bits per heavy atom. The maximum Gasteiger partial charge on any atom is 0.281 e. The molecule has 0 aliphatic carbocycles. The van der Waals surface area contributed by atoms with Crippen LogP contribution in [0.4, 0.5) is 0 Å². The second-order valence-electron chi connectivity index (χ2n) is 7.16. The Morgan fingerprint density at radius 3 is 2.14 bits per heavy atom. The van der Waals surface area contributed by atoms with E-state index in [0.29, 0.717) is 12.3 Å². The van der Waals surface area contributed by atoms with E-state index < -0.39 is 16.8 Å². The number of amides is 3. The van der Waals surface area contributed by atoms with Crippen LogP contribution in [0.5, 0.6) is 0 Å². The normalized spacial score (nSPS) is 27.5. The first-order valence-electron chi connectivity index (χ1n) is 9.02. The zero-order chi connectivity index (χ0) is 20.6. The fourth-order valence-corrected chi connectivity index (χ4v) is 3.53. The van der Waals surface area contributed by atoms with Gasteiger partial charge >= 0.3 is 0 Å². The number of nitro groups is 1. The lowest BCUT2D eigenvalue weighted by atomic mass is 10.1. The Kier molecular flexibility index (Phi) is 5.20. The minimum atomic E-state index is -1.21. The summed E-state index contributed by atoms with van der Waals surface area (Å²) in [7, 11) is 0. The van der Waals surface area contributed by atoms with Crippen LogP contribution in [0.15, 0.2) is 16.8 Å². The number of rotatable bonds is 1. The molecule has 0 aromatic heterocycles. The van der Waals surface area contributed by atoms with Crippen LogP contribution in [-0.2, 0) is 19.1 Å². The molecule has 0 aromatic rings. The quantitative estimate of drug-likeness (QED) is 0.249. The van der Waals surface area contributed by atoms with Crippen molar-refractivity contribution in [3.63, 3.8) is 0 Å². The summed E-state index contributed by atoms with van der Waals surface area (Å²) in [5.41, 5.74) is -0.991. The first-order valence-corrected chi connectivity index (χ1v) is 9.02. The van der Waals surface area contributed by atoms with E-state index in [9.17, 15) is 24.5 Å². The van der Waals surface area contributed by atoms with Gasteiger partial charge in [-0.05, 0) is 0 Å². The standard InChI is InChI=1S/C17H23N5O6/c1-11(23)19-4-6-20(12(2)24)9-14-8-15(22(26)27)16-17(18-14,28-16)10-21(7-5-19)13(3)25/h8,16H,4-7,9-10H2,1-3H3/i20+1. The topological polar surface area (TPSA) is 129 Å². The molecule has 0 aromatic carbocycles. The summed E-state index contributed by atoms with van der Waals surface area (Å²) in [5, 5.41) is 11.4. The van der Waals surface area contributed by atoms with Crippen molar-refractivity contribution in [3.8, 4) is 0 Å². The molecule has 3 heterocycles. The van der Waals surface area contributed by atoms with Crippen molar-refractivity contribution >= 4 is 23.4 Å². The average Bonchev–Trinajstić information content (AvgIpc) is 3.30. The molecule has 3 amide bonds. The van der Waals surface area contributed by atoms with Gasteiger partial charge in [-0.15, -0.1) is 0 Å². The highest BCUT2D eigenvalue weighted by molar-refractivity contribution is 6.00. The van der Waals surface area contributed by atoms with E-state index in [4.69, 9.17) is 4.74 Å². The molecule has 0 saturated carbocycles. The third-order valence-corrected chi connectivity index (χ3v) is 5.19. The van der Waals surface area contributed by atoms with E-state index in [2.05, 4.69) is 4.99 Å². The Hall–Kier alpha value is -2.82. The average molecular weight is 394 g/mol. The van der Waals surface area contributed by atoms with Gasteiger partial charge in [-0.2, -0.15) is 0 Å². The number of hydrogen-bond acceptors (Lipinski definition) is 7. The number of dihydropyridines is 1. The maximum atomic E-state index is 12.1. The Morgan fingerprint density at radius 2 is 1.61 bits per heavy atom. The molecular formula is C17H23N5O6. The van der Waals surface area contributed by atoms with Gasteiger partial charge in [0.15, 0.2) is 0 Å². The van der Waals surface area contributed by atoms with Crippen molar-refractivity contribution in [1.82, 2.24) is 14.7 Å². The zero-order valence-electron chi connectivity index (χ0n) is 16.1. The number of aliphatic imine (C=N–C) groups is 1. The molecule has 152 valence electrons. The van der Waals surface area contributed by atoms with Crippen LogP contribution < -0.4 is 0 Å². The minimum Gasteiger partial charge on any atom is -0.339 e. The largest absolute Gasteiger partial charge is 0.339 e. The third-order valence-electron chi connectivity index (χ3n) is 5.19. The lowest BCUT2D eigenvalue weighted by Crippen LogP contribution is -2.48. The summed E-state index contributed by atoms with van der Waals surface area (Å²) in [6.45, 7) is 5.43. The second kappa shape index (κ2) is 7.30. The number of ether oxygens (including phenoxy) is 1. The molecule has 1 fully saturated rings. The summed E-state index contributed by atoms with van der Waals surface area (Å²) in [6, 6.07) is 0. The SMILES string of the molecule is CC(=O)N1CCN(C(C)=O)CC23N=C(C=C([N+](=O)[O-])C2O3)C[15N](C(C)=O)CC1. The van der Waals surface area contributed by atoms with Crippen molar-refractivity contribution < 1.29 is 24.0 Å². The number of nitrogens with zero attached hydrogens (tertiary/aromatic N) is 5. The Balaban J connectivity index is 1.97. The van der Waals surface area contributed by atoms with Gasteiger partial charge in [0.25, 0.3) is 5.70 Å².